The third kappa shape index (κ3) is 3.77. The first kappa shape index (κ1) is 17.3. The van der Waals surface area contributed by atoms with Crippen molar-refractivity contribution < 1.29 is 15.0 Å². The molecule has 2 aromatic rings. The topological polar surface area (TPSA) is 82.5 Å². The van der Waals surface area contributed by atoms with E-state index in [-0.39, 0.29) is 0 Å². The molecule has 0 unspecified atom stereocenters. The highest BCUT2D eigenvalue weighted by atomic mass is 32.1. The maximum absolute atomic E-state index is 12.2. The van der Waals surface area contributed by atoms with Gasteiger partial charge in [0.1, 0.15) is 11.1 Å². The van der Waals surface area contributed by atoms with Gasteiger partial charge in [-0.3, -0.25) is 4.79 Å². The van der Waals surface area contributed by atoms with Crippen LogP contribution in [-0.2, 0) is 4.79 Å². The van der Waals surface area contributed by atoms with Gasteiger partial charge in [-0.05, 0) is 30.4 Å². The van der Waals surface area contributed by atoms with E-state index >= 15 is 0 Å². The highest BCUT2D eigenvalue weighted by molar-refractivity contribution is 7.18. The van der Waals surface area contributed by atoms with E-state index in [0.29, 0.717) is 23.4 Å². The molecule has 1 fully saturated rings. The summed E-state index contributed by atoms with van der Waals surface area (Å²) >= 11 is 1.30. The van der Waals surface area contributed by atoms with Crippen molar-refractivity contribution in [1.29, 1.82) is 0 Å². The van der Waals surface area contributed by atoms with Crippen molar-refractivity contribution in [1.82, 2.24) is 10.3 Å². The number of para-hydroxylation sites is 1. The fourth-order valence-corrected chi connectivity index (χ4v) is 4.31. The Morgan fingerprint density at radius 3 is 2.83 bits per heavy atom. The second-order valence-electron chi connectivity index (χ2n) is 6.68. The number of hydrogen-bond acceptors (Lipinski definition) is 5. The summed E-state index contributed by atoms with van der Waals surface area (Å²) < 4.78 is 0.926. The summed E-state index contributed by atoms with van der Waals surface area (Å²) in [6.45, 7) is 2.77. The van der Waals surface area contributed by atoms with Gasteiger partial charge in [0.05, 0.1) is 10.2 Å². The molecule has 3 rings (SSSR count). The molecule has 0 spiro atoms. The number of thiazole rings is 1. The average molecular weight is 348 g/mol. The van der Waals surface area contributed by atoms with Crippen molar-refractivity contribution >= 4 is 27.5 Å². The van der Waals surface area contributed by atoms with Gasteiger partial charge in [0.2, 0.25) is 0 Å². The van der Waals surface area contributed by atoms with Crippen molar-refractivity contribution in [3.05, 3.63) is 29.3 Å². The summed E-state index contributed by atoms with van der Waals surface area (Å²) in [5.41, 5.74) is 0.764. The van der Waals surface area contributed by atoms with E-state index in [2.05, 4.69) is 17.2 Å². The monoisotopic (exact) mass is 348 g/mol. The fourth-order valence-electron chi connectivity index (χ4n) is 3.33. The highest BCUT2D eigenvalue weighted by Gasteiger charge is 2.29. The van der Waals surface area contributed by atoms with Gasteiger partial charge < -0.3 is 15.5 Å². The molecule has 1 aromatic carbocycles. The van der Waals surface area contributed by atoms with Crippen LogP contribution < -0.4 is 5.32 Å². The molecule has 1 aromatic heterocycles. The number of aromatic nitrogens is 1. The van der Waals surface area contributed by atoms with Crippen LogP contribution in [0.4, 0.5) is 0 Å². The number of benzene rings is 1. The van der Waals surface area contributed by atoms with Gasteiger partial charge >= 0.3 is 0 Å². The molecule has 6 heteroatoms. The van der Waals surface area contributed by atoms with Crippen LogP contribution in [0.3, 0.4) is 0 Å². The molecular formula is C18H24N2O3S. The molecule has 0 radical (unpaired) electrons. The molecule has 0 bridgehead atoms. The van der Waals surface area contributed by atoms with E-state index in [9.17, 15) is 15.0 Å². The number of amides is 1. The second-order valence-corrected chi connectivity index (χ2v) is 7.74. The van der Waals surface area contributed by atoms with Crippen LogP contribution in [0.25, 0.3) is 10.2 Å². The first-order valence-electron chi connectivity index (χ1n) is 8.55. The molecule has 4 atom stereocenters. The van der Waals surface area contributed by atoms with Crippen LogP contribution >= 0.6 is 11.3 Å². The lowest BCUT2D eigenvalue weighted by Gasteiger charge is -2.29. The van der Waals surface area contributed by atoms with E-state index in [1.54, 1.807) is 0 Å². The van der Waals surface area contributed by atoms with Crippen LogP contribution in [0.1, 0.15) is 43.7 Å². The lowest BCUT2D eigenvalue weighted by atomic mass is 9.80. The second kappa shape index (κ2) is 7.59. The third-order valence-electron chi connectivity index (χ3n) is 4.96. The van der Waals surface area contributed by atoms with Crippen molar-refractivity contribution in [3.8, 4) is 0 Å². The minimum Gasteiger partial charge on any atom is -0.383 e. The predicted molar refractivity (Wildman–Crippen MR) is 94.7 cm³/mol. The lowest BCUT2D eigenvalue weighted by molar-refractivity contribution is -0.135. The zero-order valence-corrected chi connectivity index (χ0v) is 14.6. The molecule has 1 aliphatic rings. The number of nitrogens with one attached hydrogen (secondary N) is 1. The van der Waals surface area contributed by atoms with E-state index in [4.69, 9.17) is 0 Å². The Bertz CT molecular complexity index is 669. The number of carbonyl (C=O) groups excluding carboxylic acids is 1. The Balaban J connectivity index is 1.59. The van der Waals surface area contributed by atoms with Crippen LogP contribution in [-0.4, -0.2) is 33.8 Å². The van der Waals surface area contributed by atoms with Crippen molar-refractivity contribution in [2.75, 3.05) is 6.54 Å². The molecule has 130 valence electrons. The van der Waals surface area contributed by atoms with Gasteiger partial charge in [-0.25, -0.2) is 4.98 Å². The molecule has 3 N–H and O–H groups in total. The summed E-state index contributed by atoms with van der Waals surface area (Å²) in [5, 5.41) is 23.6. The highest BCUT2D eigenvalue weighted by Crippen LogP contribution is 2.30. The Labute approximate surface area is 145 Å². The number of nitrogens with zero attached hydrogens (tertiary/aromatic N) is 1. The normalized spacial score (nSPS) is 23.8. The minimum atomic E-state index is -1.50. The van der Waals surface area contributed by atoms with Gasteiger partial charge in [0.15, 0.2) is 6.10 Å². The van der Waals surface area contributed by atoms with Gasteiger partial charge in [-0.2, -0.15) is 0 Å². The zero-order valence-electron chi connectivity index (χ0n) is 13.8. The Kier molecular flexibility index (Phi) is 5.48. The molecule has 24 heavy (non-hydrogen) atoms. The molecular weight excluding hydrogens is 324 g/mol. The van der Waals surface area contributed by atoms with Crippen LogP contribution in [0.15, 0.2) is 24.3 Å². The fraction of sp³-hybridized carbons (Fsp3) is 0.556. The van der Waals surface area contributed by atoms with Gasteiger partial charge in [-0.15, -0.1) is 11.3 Å². The van der Waals surface area contributed by atoms with Gasteiger partial charge in [0, 0.05) is 6.54 Å². The summed E-state index contributed by atoms with van der Waals surface area (Å²) in [5.74, 6) is 0.513. The maximum Gasteiger partial charge on any atom is 0.252 e. The van der Waals surface area contributed by atoms with Crippen LogP contribution in [0.2, 0.25) is 0 Å². The molecule has 5 nitrogen and oxygen atoms in total. The maximum atomic E-state index is 12.2. The van der Waals surface area contributed by atoms with Crippen LogP contribution in [0.5, 0.6) is 0 Å². The molecule has 1 heterocycles. The van der Waals surface area contributed by atoms with E-state index < -0.39 is 18.1 Å². The largest absolute Gasteiger partial charge is 0.383 e. The number of fused-ring (bicyclic) bond motifs is 1. The van der Waals surface area contributed by atoms with E-state index in [0.717, 1.165) is 16.6 Å². The SMILES string of the molecule is C[C@@H]1CCCC[C@@H]1CNC(=O)[C@H](O)[C@H](O)c1nc2ccccc2s1. The third-order valence-corrected chi connectivity index (χ3v) is 6.07. The van der Waals surface area contributed by atoms with Gasteiger partial charge in [-0.1, -0.05) is 38.3 Å². The Morgan fingerprint density at radius 2 is 2.08 bits per heavy atom. The first-order valence-corrected chi connectivity index (χ1v) is 9.37. The van der Waals surface area contributed by atoms with Crippen LogP contribution in [0, 0.1) is 11.8 Å². The smallest absolute Gasteiger partial charge is 0.252 e. The molecule has 1 amide bonds. The summed E-state index contributed by atoms with van der Waals surface area (Å²) in [6.07, 6.45) is 1.96. The number of hydrogen-bond donors (Lipinski definition) is 3. The average Bonchev–Trinajstić information content (AvgIpc) is 3.03. The lowest BCUT2D eigenvalue weighted by Crippen LogP contribution is -2.41. The summed E-state index contributed by atoms with van der Waals surface area (Å²) in [6, 6.07) is 7.51. The summed E-state index contributed by atoms with van der Waals surface area (Å²) in [4.78, 5) is 16.5. The predicted octanol–water partition coefficient (Wildman–Crippen LogP) is 2.63. The van der Waals surface area contributed by atoms with Crippen molar-refractivity contribution in [3.63, 3.8) is 0 Å². The number of carbonyl (C=O) groups is 1. The first-order chi connectivity index (χ1) is 11.6. The molecule has 1 saturated carbocycles. The van der Waals surface area contributed by atoms with Crippen molar-refractivity contribution in [2.24, 2.45) is 11.8 Å². The molecule has 0 aliphatic heterocycles. The summed E-state index contributed by atoms with van der Waals surface area (Å²) in [7, 11) is 0. The van der Waals surface area contributed by atoms with Gasteiger partial charge in [0.25, 0.3) is 5.91 Å². The Hall–Kier alpha value is -1.50. The molecule has 0 saturated heterocycles. The zero-order chi connectivity index (χ0) is 17.1. The minimum absolute atomic E-state index is 0.366. The number of rotatable bonds is 5. The number of aliphatic hydroxyl groups excluding tert-OH is 2. The number of aliphatic hydroxyl groups is 2. The molecule has 1 aliphatic carbocycles. The standard InChI is InChI=1S/C18H24N2O3S/c1-11-6-2-3-7-12(11)10-19-17(23)15(21)16(22)18-20-13-8-4-5-9-14(13)24-18/h4-5,8-9,11-12,15-16,21-22H,2-3,6-7,10H2,1H3,(H,19,23)/t11-,12-,15-,16+/m1/s1. The Morgan fingerprint density at radius 1 is 1.33 bits per heavy atom. The van der Waals surface area contributed by atoms with Crippen molar-refractivity contribution in [2.45, 2.75) is 44.8 Å². The quantitative estimate of drug-likeness (QED) is 0.776. The van der Waals surface area contributed by atoms with E-state index in [1.165, 1.54) is 30.6 Å². The van der Waals surface area contributed by atoms with E-state index in [1.807, 2.05) is 24.3 Å².